The molecule has 0 spiro atoms. The maximum Gasteiger partial charge on any atom is 0.329 e. The summed E-state index contributed by atoms with van der Waals surface area (Å²) in [5.74, 6) is -1.19. The molecular weight excluding hydrogens is 442 g/mol. The number of carbonyl (C=O) groups is 3. The van der Waals surface area contributed by atoms with Gasteiger partial charge in [-0.3, -0.25) is 9.69 Å². The van der Waals surface area contributed by atoms with Crippen molar-refractivity contribution in [1.82, 2.24) is 9.80 Å². The fourth-order valence-electron chi connectivity index (χ4n) is 5.35. The summed E-state index contributed by atoms with van der Waals surface area (Å²) in [4.78, 5) is 44.5. The van der Waals surface area contributed by atoms with Crippen LogP contribution < -0.4 is 4.90 Å². The SMILES string of the molecule is O=C(O)[C@@H]1[C@H]2CC[C@@H](CN1C(=O)N(c1ccccc1)c1ccccc1)N2C(=O)Cc1ccccc1. The molecule has 0 saturated carbocycles. The topological polar surface area (TPSA) is 81.2 Å². The van der Waals surface area contributed by atoms with Crippen molar-refractivity contribution < 1.29 is 19.5 Å². The van der Waals surface area contributed by atoms with E-state index < -0.39 is 24.1 Å². The van der Waals surface area contributed by atoms with Gasteiger partial charge in [0.15, 0.2) is 6.04 Å². The summed E-state index contributed by atoms with van der Waals surface area (Å²) >= 11 is 0. The molecule has 7 heteroatoms. The summed E-state index contributed by atoms with van der Waals surface area (Å²) in [6, 6.07) is 25.6. The lowest BCUT2D eigenvalue weighted by molar-refractivity contribution is -0.150. The van der Waals surface area contributed by atoms with Crippen LogP contribution in [0.25, 0.3) is 0 Å². The van der Waals surface area contributed by atoms with E-state index in [4.69, 9.17) is 0 Å². The minimum absolute atomic E-state index is 0.0926. The molecule has 2 saturated heterocycles. The number of anilines is 2. The molecule has 0 unspecified atom stereocenters. The van der Waals surface area contributed by atoms with Gasteiger partial charge in [-0.1, -0.05) is 66.7 Å². The van der Waals surface area contributed by atoms with Crippen molar-refractivity contribution >= 4 is 29.3 Å². The number of hydrogen-bond donors (Lipinski definition) is 1. The van der Waals surface area contributed by atoms with Crippen molar-refractivity contribution in [2.75, 3.05) is 11.4 Å². The zero-order valence-electron chi connectivity index (χ0n) is 19.2. The first kappa shape index (κ1) is 22.7. The number of aliphatic carboxylic acids is 1. The summed E-state index contributed by atoms with van der Waals surface area (Å²) in [5, 5.41) is 10.2. The maximum absolute atomic E-state index is 14.0. The molecule has 5 rings (SSSR count). The van der Waals surface area contributed by atoms with Crippen LogP contribution in [0.3, 0.4) is 0 Å². The smallest absolute Gasteiger partial charge is 0.329 e. The highest BCUT2D eigenvalue weighted by molar-refractivity contribution is 6.01. The Morgan fingerprint density at radius 3 is 1.89 bits per heavy atom. The van der Waals surface area contributed by atoms with Crippen LogP contribution in [-0.2, 0) is 16.0 Å². The molecule has 3 aromatic rings. The number of hydrogen-bond acceptors (Lipinski definition) is 3. The summed E-state index contributed by atoms with van der Waals surface area (Å²) in [6.07, 6.45) is 1.45. The van der Waals surface area contributed by atoms with Gasteiger partial charge in [0, 0.05) is 12.6 Å². The predicted molar refractivity (Wildman–Crippen MR) is 132 cm³/mol. The van der Waals surface area contributed by atoms with Crippen LogP contribution in [0.5, 0.6) is 0 Å². The Bertz CT molecular complexity index is 1160. The van der Waals surface area contributed by atoms with Gasteiger partial charge in [0.25, 0.3) is 0 Å². The van der Waals surface area contributed by atoms with Crippen LogP contribution in [0, 0.1) is 0 Å². The molecule has 3 atom stereocenters. The van der Waals surface area contributed by atoms with E-state index in [1.54, 1.807) is 9.80 Å². The van der Waals surface area contributed by atoms with Crippen molar-refractivity contribution in [1.29, 1.82) is 0 Å². The third kappa shape index (κ3) is 4.37. The molecule has 2 bridgehead atoms. The highest BCUT2D eigenvalue weighted by Crippen LogP contribution is 2.37. The Balaban J connectivity index is 1.46. The van der Waals surface area contributed by atoms with E-state index in [0.29, 0.717) is 24.2 Å². The molecule has 2 aliphatic heterocycles. The van der Waals surface area contributed by atoms with Crippen molar-refractivity contribution in [3.05, 3.63) is 96.6 Å². The van der Waals surface area contributed by atoms with Gasteiger partial charge in [0.05, 0.1) is 23.8 Å². The summed E-state index contributed by atoms with van der Waals surface area (Å²) < 4.78 is 0. The van der Waals surface area contributed by atoms with Gasteiger partial charge in [-0.05, 0) is 42.7 Å². The van der Waals surface area contributed by atoms with Crippen molar-refractivity contribution in [3.63, 3.8) is 0 Å². The van der Waals surface area contributed by atoms with E-state index in [0.717, 1.165) is 5.56 Å². The third-order valence-electron chi connectivity index (χ3n) is 6.86. The Morgan fingerprint density at radius 2 is 1.34 bits per heavy atom. The lowest BCUT2D eigenvalue weighted by Crippen LogP contribution is -2.66. The number of amides is 3. The lowest BCUT2D eigenvalue weighted by atomic mass is 10.0. The molecular formula is C28H27N3O4. The summed E-state index contributed by atoms with van der Waals surface area (Å²) in [7, 11) is 0. The van der Waals surface area contributed by atoms with Crippen LogP contribution in [0.15, 0.2) is 91.0 Å². The second-order valence-corrected chi connectivity index (χ2v) is 8.99. The second kappa shape index (κ2) is 9.62. The van der Waals surface area contributed by atoms with Crippen molar-refractivity contribution in [3.8, 4) is 0 Å². The second-order valence-electron chi connectivity index (χ2n) is 8.99. The summed E-state index contributed by atoms with van der Waals surface area (Å²) in [5.41, 5.74) is 2.20. The van der Waals surface area contributed by atoms with Gasteiger partial charge in [-0.15, -0.1) is 0 Å². The van der Waals surface area contributed by atoms with E-state index in [1.807, 2.05) is 91.0 Å². The quantitative estimate of drug-likeness (QED) is 0.604. The van der Waals surface area contributed by atoms with Gasteiger partial charge in [0.1, 0.15) is 0 Å². The molecule has 2 heterocycles. The third-order valence-corrected chi connectivity index (χ3v) is 6.86. The number of carboxylic acid groups (broad SMARTS) is 1. The minimum Gasteiger partial charge on any atom is -0.480 e. The van der Waals surface area contributed by atoms with E-state index in [2.05, 4.69) is 0 Å². The average molecular weight is 470 g/mol. The number of nitrogens with zero attached hydrogens (tertiary/aromatic N) is 3. The number of carbonyl (C=O) groups excluding carboxylic acids is 2. The molecule has 178 valence electrons. The van der Waals surface area contributed by atoms with E-state index in [1.165, 1.54) is 4.90 Å². The molecule has 0 radical (unpaired) electrons. The van der Waals surface area contributed by atoms with Gasteiger partial charge in [-0.25, -0.2) is 9.59 Å². The first-order valence-electron chi connectivity index (χ1n) is 11.8. The Kier molecular flexibility index (Phi) is 6.23. The molecule has 3 aromatic carbocycles. The van der Waals surface area contributed by atoms with Gasteiger partial charge in [0.2, 0.25) is 5.91 Å². The normalized spacial score (nSPS) is 21.0. The number of rotatable bonds is 5. The molecule has 1 N–H and O–H groups in total. The number of piperazine rings is 1. The average Bonchev–Trinajstić information content (AvgIpc) is 3.18. The molecule has 0 aromatic heterocycles. The van der Waals surface area contributed by atoms with Crippen molar-refractivity contribution in [2.24, 2.45) is 0 Å². The molecule has 2 fully saturated rings. The minimum atomic E-state index is -1.11. The molecule has 2 aliphatic rings. The van der Waals surface area contributed by atoms with Crippen LogP contribution >= 0.6 is 0 Å². The first-order chi connectivity index (χ1) is 17.0. The fourth-order valence-corrected chi connectivity index (χ4v) is 5.35. The van der Waals surface area contributed by atoms with Gasteiger partial charge >= 0.3 is 12.0 Å². The zero-order chi connectivity index (χ0) is 24.4. The zero-order valence-corrected chi connectivity index (χ0v) is 19.2. The first-order valence-corrected chi connectivity index (χ1v) is 11.8. The van der Waals surface area contributed by atoms with Gasteiger partial charge < -0.3 is 14.9 Å². The molecule has 0 aliphatic carbocycles. The number of urea groups is 1. The predicted octanol–water partition coefficient (Wildman–Crippen LogP) is 4.32. The Morgan fingerprint density at radius 1 is 0.800 bits per heavy atom. The van der Waals surface area contributed by atoms with Crippen molar-refractivity contribution in [2.45, 2.75) is 37.4 Å². The molecule has 35 heavy (non-hydrogen) atoms. The standard InChI is InChI=1S/C28H27N3O4/c32-25(18-20-10-4-1-5-11-20)31-23-16-17-24(31)26(27(33)34)29(19-23)28(35)30(21-12-6-2-7-13-21)22-14-8-3-9-15-22/h1-15,23-24,26H,16-19H2,(H,33,34)/t23-,24+,26-/m0/s1. The van der Waals surface area contributed by atoms with E-state index >= 15 is 0 Å². The molecule has 3 amide bonds. The lowest BCUT2D eigenvalue weighted by Gasteiger charge is -2.46. The Hall–Kier alpha value is -4.13. The highest BCUT2D eigenvalue weighted by atomic mass is 16.4. The van der Waals surface area contributed by atoms with Crippen LogP contribution in [0.1, 0.15) is 18.4 Å². The number of benzene rings is 3. The fraction of sp³-hybridized carbons (Fsp3) is 0.250. The number of fused-ring (bicyclic) bond motifs is 2. The number of likely N-dealkylation sites (tertiary alicyclic amines) is 1. The number of para-hydroxylation sites is 2. The molecule has 7 nitrogen and oxygen atoms in total. The number of carboxylic acids is 1. The van der Waals surface area contributed by atoms with Gasteiger partial charge in [-0.2, -0.15) is 0 Å². The largest absolute Gasteiger partial charge is 0.480 e. The van der Waals surface area contributed by atoms with Crippen LogP contribution in [0.4, 0.5) is 16.2 Å². The van der Waals surface area contributed by atoms with Crippen LogP contribution in [0.2, 0.25) is 0 Å². The van der Waals surface area contributed by atoms with E-state index in [-0.39, 0.29) is 24.9 Å². The highest BCUT2D eigenvalue weighted by Gasteiger charge is 2.53. The maximum atomic E-state index is 14.0. The van der Waals surface area contributed by atoms with Crippen LogP contribution in [-0.4, -0.2) is 57.5 Å². The monoisotopic (exact) mass is 469 g/mol. The Labute approximate surface area is 204 Å². The van der Waals surface area contributed by atoms with E-state index in [9.17, 15) is 19.5 Å². The summed E-state index contributed by atoms with van der Waals surface area (Å²) in [6.45, 7) is 0.184.